The van der Waals surface area contributed by atoms with E-state index < -0.39 is 12.1 Å². The predicted octanol–water partition coefficient (Wildman–Crippen LogP) is 1.28. The van der Waals surface area contributed by atoms with E-state index in [2.05, 4.69) is 14.9 Å². The number of rotatable bonds is 3. The minimum absolute atomic E-state index is 0.406. The summed E-state index contributed by atoms with van der Waals surface area (Å²) in [5, 5.41) is 16.4. The monoisotopic (exact) mass is 232 g/mol. The van der Waals surface area contributed by atoms with Gasteiger partial charge in [-0.05, 0) is 5.56 Å². The Labute approximate surface area is 98.0 Å². The van der Waals surface area contributed by atoms with Crippen molar-refractivity contribution in [1.82, 2.24) is 10.2 Å². The van der Waals surface area contributed by atoms with Crippen molar-refractivity contribution in [3.05, 3.63) is 42.1 Å². The van der Waals surface area contributed by atoms with Crippen LogP contribution in [0.2, 0.25) is 0 Å². The highest BCUT2D eigenvalue weighted by Gasteiger charge is 2.23. The Morgan fingerprint density at radius 2 is 2.12 bits per heavy atom. The number of methoxy groups -OCH3 is 1. The van der Waals surface area contributed by atoms with Crippen molar-refractivity contribution in [2.75, 3.05) is 7.11 Å². The Bertz CT molecular complexity index is 507. The summed E-state index contributed by atoms with van der Waals surface area (Å²) >= 11 is 0. The van der Waals surface area contributed by atoms with E-state index in [0.29, 0.717) is 11.3 Å². The molecular formula is C12H12N2O3. The molecule has 2 N–H and O–H groups in total. The normalized spacial score (nSPS) is 12.1. The molecule has 17 heavy (non-hydrogen) atoms. The highest BCUT2D eigenvalue weighted by molar-refractivity contribution is 5.79. The van der Waals surface area contributed by atoms with Gasteiger partial charge in [0.05, 0.1) is 19.0 Å². The Kier molecular flexibility index (Phi) is 3.20. The van der Waals surface area contributed by atoms with Gasteiger partial charge in [0.1, 0.15) is 0 Å². The number of carbonyl (C=O) groups is 1. The Hall–Kier alpha value is -2.14. The summed E-state index contributed by atoms with van der Waals surface area (Å²) in [6, 6.07) is 9.34. The van der Waals surface area contributed by atoms with Crippen LogP contribution in [-0.2, 0) is 9.53 Å². The van der Waals surface area contributed by atoms with Crippen LogP contribution in [0.4, 0.5) is 0 Å². The maximum absolute atomic E-state index is 11.3. The molecule has 0 saturated carbocycles. The van der Waals surface area contributed by atoms with E-state index in [-0.39, 0.29) is 0 Å². The van der Waals surface area contributed by atoms with Crippen molar-refractivity contribution < 1.29 is 14.6 Å². The van der Waals surface area contributed by atoms with Crippen molar-refractivity contribution in [2.24, 2.45) is 0 Å². The number of nitrogens with zero attached hydrogens (tertiary/aromatic N) is 1. The SMILES string of the molecule is COC(=O)C(O)c1cn[nH]c1-c1ccccc1. The quantitative estimate of drug-likeness (QED) is 0.782. The van der Waals surface area contributed by atoms with Crippen molar-refractivity contribution in [3.8, 4) is 11.3 Å². The fourth-order valence-corrected chi connectivity index (χ4v) is 1.58. The molecule has 0 fully saturated rings. The molecule has 1 aromatic heterocycles. The minimum Gasteiger partial charge on any atom is -0.467 e. The molecule has 5 heteroatoms. The van der Waals surface area contributed by atoms with Crippen LogP contribution in [0, 0.1) is 0 Å². The molecule has 0 aliphatic heterocycles. The molecule has 2 aromatic rings. The summed E-state index contributed by atoms with van der Waals surface area (Å²) in [4.78, 5) is 11.3. The lowest BCUT2D eigenvalue weighted by Crippen LogP contribution is -2.13. The van der Waals surface area contributed by atoms with Crippen LogP contribution in [0.15, 0.2) is 36.5 Å². The number of aromatic nitrogens is 2. The number of H-pyrrole nitrogens is 1. The zero-order chi connectivity index (χ0) is 12.3. The van der Waals surface area contributed by atoms with Crippen molar-refractivity contribution in [2.45, 2.75) is 6.10 Å². The van der Waals surface area contributed by atoms with Gasteiger partial charge in [-0.1, -0.05) is 30.3 Å². The zero-order valence-electron chi connectivity index (χ0n) is 9.25. The number of aliphatic hydroxyl groups excluding tert-OH is 1. The minimum atomic E-state index is -1.33. The molecule has 88 valence electrons. The fraction of sp³-hybridized carbons (Fsp3) is 0.167. The first-order valence-electron chi connectivity index (χ1n) is 5.08. The van der Waals surface area contributed by atoms with Gasteiger partial charge in [0.2, 0.25) is 0 Å². The highest BCUT2D eigenvalue weighted by atomic mass is 16.5. The second-order valence-corrected chi connectivity index (χ2v) is 3.49. The molecule has 0 amide bonds. The largest absolute Gasteiger partial charge is 0.467 e. The first-order valence-corrected chi connectivity index (χ1v) is 5.08. The van der Waals surface area contributed by atoms with Gasteiger partial charge in [0.25, 0.3) is 0 Å². The number of esters is 1. The van der Waals surface area contributed by atoms with Crippen LogP contribution in [0.5, 0.6) is 0 Å². The maximum Gasteiger partial charge on any atom is 0.339 e. The molecule has 0 radical (unpaired) electrons. The smallest absolute Gasteiger partial charge is 0.339 e. The number of benzene rings is 1. The summed E-state index contributed by atoms with van der Waals surface area (Å²) in [7, 11) is 1.23. The Morgan fingerprint density at radius 1 is 1.41 bits per heavy atom. The standard InChI is InChI=1S/C12H12N2O3/c1-17-12(16)11(15)9-7-13-14-10(9)8-5-3-2-4-6-8/h2-7,11,15H,1H3,(H,13,14). The number of nitrogens with one attached hydrogen (secondary N) is 1. The van der Waals surface area contributed by atoms with E-state index >= 15 is 0 Å². The van der Waals surface area contributed by atoms with Crippen LogP contribution in [0.1, 0.15) is 11.7 Å². The molecule has 0 aliphatic rings. The second-order valence-electron chi connectivity index (χ2n) is 3.49. The number of hydrogen-bond donors (Lipinski definition) is 2. The highest BCUT2D eigenvalue weighted by Crippen LogP contribution is 2.26. The average molecular weight is 232 g/mol. The van der Waals surface area contributed by atoms with Gasteiger partial charge >= 0.3 is 5.97 Å². The number of hydrogen-bond acceptors (Lipinski definition) is 4. The van der Waals surface area contributed by atoms with Gasteiger partial charge in [-0.2, -0.15) is 5.10 Å². The number of aliphatic hydroxyl groups is 1. The second kappa shape index (κ2) is 4.80. The number of ether oxygens (including phenoxy) is 1. The van der Waals surface area contributed by atoms with Gasteiger partial charge in [-0.15, -0.1) is 0 Å². The third kappa shape index (κ3) is 2.19. The molecule has 2 rings (SSSR count). The topological polar surface area (TPSA) is 75.2 Å². The van der Waals surface area contributed by atoms with E-state index in [4.69, 9.17) is 0 Å². The molecule has 0 spiro atoms. The molecule has 5 nitrogen and oxygen atoms in total. The van der Waals surface area contributed by atoms with E-state index in [9.17, 15) is 9.90 Å². The summed E-state index contributed by atoms with van der Waals surface area (Å²) in [6.45, 7) is 0. The third-order valence-corrected chi connectivity index (χ3v) is 2.45. The summed E-state index contributed by atoms with van der Waals surface area (Å²) in [6.07, 6.45) is 0.0955. The Morgan fingerprint density at radius 3 is 2.76 bits per heavy atom. The molecule has 1 unspecified atom stereocenters. The molecule has 0 bridgehead atoms. The van der Waals surface area contributed by atoms with E-state index in [1.54, 1.807) is 0 Å². The van der Waals surface area contributed by atoms with E-state index in [1.165, 1.54) is 13.3 Å². The molecule has 0 aliphatic carbocycles. The van der Waals surface area contributed by atoms with Gasteiger partial charge < -0.3 is 9.84 Å². The Balaban J connectivity index is 2.39. The fourth-order valence-electron chi connectivity index (χ4n) is 1.58. The lowest BCUT2D eigenvalue weighted by atomic mass is 10.0. The van der Waals surface area contributed by atoms with Crippen molar-refractivity contribution in [1.29, 1.82) is 0 Å². The van der Waals surface area contributed by atoms with Crippen molar-refractivity contribution >= 4 is 5.97 Å². The molecule has 1 heterocycles. The molecule has 1 aromatic carbocycles. The average Bonchev–Trinajstić information content (AvgIpc) is 2.87. The predicted molar refractivity (Wildman–Crippen MR) is 61.0 cm³/mol. The lowest BCUT2D eigenvalue weighted by Gasteiger charge is -2.08. The number of aromatic amines is 1. The summed E-state index contributed by atoms with van der Waals surface area (Å²) in [5.74, 6) is -0.705. The zero-order valence-corrected chi connectivity index (χ0v) is 9.25. The van der Waals surface area contributed by atoms with Gasteiger partial charge in [-0.3, -0.25) is 5.10 Å². The van der Waals surface area contributed by atoms with Crippen LogP contribution in [-0.4, -0.2) is 28.4 Å². The van der Waals surface area contributed by atoms with E-state index in [1.807, 2.05) is 30.3 Å². The first kappa shape index (κ1) is 11.3. The van der Waals surface area contributed by atoms with Crippen LogP contribution in [0.25, 0.3) is 11.3 Å². The number of carbonyl (C=O) groups excluding carboxylic acids is 1. The van der Waals surface area contributed by atoms with Gasteiger partial charge in [0, 0.05) is 5.56 Å². The third-order valence-electron chi connectivity index (χ3n) is 2.45. The maximum atomic E-state index is 11.3. The molecular weight excluding hydrogens is 220 g/mol. The van der Waals surface area contributed by atoms with Crippen LogP contribution in [0.3, 0.4) is 0 Å². The lowest BCUT2D eigenvalue weighted by molar-refractivity contribution is -0.150. The first-order chi connectivity index (χ1) is 8.24. The van der Waals surface area contributed by atoms with E-state index in [0.717, 1.165) is 5.56 Å². The molecule has 1 atom stereocenters. The summed E-state index contributed by atoms with van der Waals surface area (Å²) in [5.41, 5.74) is 1.87. The van der Waals surface area contributed by atoms with Crippen molar-refractivity contribution in [3.63, 3.8) is 0 Å². The van der Waals surface area contributed by atoms with Gasteiger partial charge in [-0.25, -0.2) is 4.79 Å². The summed E-state index contributed by atoms with van der Waals surface area (Å²) < 4.78 is 4.50. The van der Waals surface area contributed by atoms with Gasteiger partial charge in [0.15, 0.2) is 6.10 Å². The van der Waals surface area contributed by atoms with Crippen LogP contribution >= 0.6 is 0 Å². The molecule has 0 saturated heterocycles. The van der Waals surface area contributed by atoms with Crippen LogP contribution < -0.4 is 0 Å².